The van der Waals surface area contributed by atoms with Gasteiger partial charge in [0.25, 0.3) is 0 Å². The fourth-order valence-corrected chi connectivity index (χ4v) is 1.44. The third-order valence-corrected chi connectivity index (χ3v) is 2.36. The molecule has 0 aliphatic carbocycles. The summed E-state index contributed by atoms with van der Waals surface area (Å²) in [5.41, 5.74) is 6.44. The Balaban J connectivity index is 2.32. The molecule has 3 N–H and O–H groups in total. The first-order valence-electron chi connectivity index (χ1n) is 5.52. The molecule has 1 aromatic rings. The lowest BCUT2D eigenvalue weighted by atomic mass is 10.1. The predicted octanol–water partition coefficient (Wildman–Crippen LogP) is 1.39. The van der Waals surface area contributed by atoms with Crippen LogP contribution in [0.4, 0.5) is 4.39 Å². The first-order chi connectivity index (χ1) is 8.13. The quantitative estimate of drug-likeness (QED) is 0.733. The molecule has 0 heterocycles. The van der Waals surface area contributed by atoms with Crippen molar-refractivity contribution < 1.29 is 9.18 Å². The Bertz CT molecular complexity index is 393. The van der Waals surface area contributed by atoms with E-state index in [4.69, 9.17) is 5.73 Å². The Hall–Kier alpha value is -1.68. The van der Waals surface area contributed by atoms with Crippen LogP contribution in [0.25, 0.3) is 0 Å². The molecule has 0 aliphatic heterocycles. The molecule has 1 rings (SSSR count). The van der Waals surface area contributed by atoms with Gasteiger partial charge >= 0.3 is 0 Å². The van der Waals surface area contributed by atoms with E-state index in [2.05, 4.69) is 11.9 Å². The molecule has 17 heavy (non-hydrogen) atoms. The second-order valence-electron chi connectivity index (χ2n) is 3.80. The molecular weight excluding hydrogens is 219 g/mol. The van der Waals surface area contributed by atoms with E-state index >= 15 is 0 Å². The first-order valence-corrected chi connectivity index (χ1v) is 5.52. The highest BCUT2D eigenvalue weighted by Crippen LogP contribution is 2.03. The number of nitrogens with one attached hydrogen (secondary N) is 1. The van der Waals surface area contributed by atoms with Crippen molar-refractivity contribution in [3.8, 4) is 0 Å². The van der Waals surface area contributed by atoms with Gasteiger partial charge in [0.2, 0.25) is 5.91 Å². The molecule has 0 saturated heterocycles. The van der Waals surface area contributed by atoms with Crippen LogP contribution in [0.2, 0.25) is 0 Å². The molecule has 0 fully saturated rings. The lowest BCUT2D eigenvalue weighted by Gasteiger charge is -2.10. The maximum absolute atomic E-state index is 12.9. The normalized spacial score (nSPS) is 11.9. The molecule has 1 aromatic carbocycles. The highest BCUT2D eigenvalue weighted by molar-refractivity contribution is 5.81. The van der Waals surface area contributed by atoms with E-state index in [0.717, 1.165) is 5.56 Å². The van der Waals surface area contributed by atoms with Gasteiger partial charge in [0.05, 0.1) is 6.04 Å². The summed E-state index contributed by atoms with van der Waals surface area (Å²) in [4.78, 5) is 11.4. The van der Waals surface area contributed by atoms with Crippen LogP contribution in [0, 0.1) is 5.82 Å². The van der Waals surface area contributed by atoms with E-state index in [1.165, 1.54) is 12.1 Å². The lowest BCUT2D eigenvalue weighted by molar-refractivity contribution is -0.122. The van der Waals surface area contributed by atoms with Gasteiger partial charge < -0.3 is 11.1 Å². The number of nitrogens with two attached hydrogens (primary N) is 1. The standard InChI is InChI=1S/C13H17FN2O/c1-2-4-12(15)13(17)16-8-7-10-5-3-6-11(14)9-10/h2-3,5-6,9,12H,1,4,7-8,15H2,(H,16,17). The molecule has 4 heteroatoms. The summed E-state index contributed by atoms with van der Waals surface area (Å²) in [7, 11) is 0. The number of carbonyl (C=O) groups is 1. The second-order valence-corrected chi connectivity index (χ2v) is 3.80. The minimum Gasteiger partial charge on any atom is -0.354 e. The predicted molar refractivity (Wildman–Crippen MR) is 65.9 cm³/mol. The third kappa shape index (κ3) is 4.78. The molecule has 0 saturated carbocycles. The van der Waals surface area contributed by atoms with Crippen LogP contribution in [0.3, 0.4) is 0 Å². The summed E-state index contributed by atoms with van der Waals surface area (Å²) in [5.74, 6) is -0.474. The summed E-state index contributed by atoms with van der Waals surface area (Å²) < 4.78 is 12.9. The third-order valence-electron chi connectivity index (χ3n) is 2.36. The van der Waals surface area contributed by atoms with E-state index in [1.54, 1.807) is 12.1 Å². The van der Waals surface area contributed by atoms with Crippen molar-refractivity contribution in [3.05, 3.63) is 48.3 Å². The highest BCUT2D eigenvalue weighted by Gasteiger charge is 2.10. The molecule has 0 spiro atoms. The number of amides is 1. The van der Waals surface area contributed by atoms with Crippen LogP contribution in [0.5, 0.6) is 0 Å². The van der Waals surface area contributed by atoms with Crippen molar-refractivity contribution in [1.29, 1.82) is 0 Å². The van der Waals surface area contributed by atoms with Crippen molar-refractivity contribution in [1.82, 2.24) is 5.32 Å². The Morgan fingerprint density at radius 1 is 1.59 bits per heavy atom. The van der Waals surface area contributed by atoms with Crippen LogP contribution in [0.15, 0.2) is 36.9 Å². The smallest absolute Gasteiger partial charge is 0.237 e. The highest BCUT2D eigenvalue weighted by atomic mass is 19.1. The number of rotatable bonds is 6. The summed E-state index contributed by atoms with van der Waals surface area (Å²) in [5, 5.41) is 2.70. The van der Waals surface area contributed by atoms with Gasteiger partial charge in [-0.1, -0.05) is 18.2 Å². The lowest BCUT2D eigenvalue weighted by Crippen LogP contribution is -2.40. The van der Waals surface area contributed by atoms with Gasteiger partial charge in [-0.3, -0.25) is 4.79 Å². The monoisotopic (exact) mass is 236 g/mol. The van der Waals surface area contributed by atoms with Crippen molar-refractivity contribution in [3.63, 3.8) is 0 Å². The zero-order valence-corrected chi connectivity index (χ0v) is 9.66. The Morgan fingerprint density at radius 2 is 2.35 bits per heavy atom. The van der Waals surface area contributed by atoms with Crippen molar-refractivity contribution >= 4 is 5.91 Å². The van der Waals surface area contributed by atoms with Crippen LogP contribution in [0.1, 0.15) is 12.0 Å². The molecule has 92 valence electrons. The minimum atomic E-state index is -0.556. The molecule has 0 aliphatic rings. The van der Waals surface area contributed by atoms with E-state index in [-0.39, 0.29) is 11.7 Å². The Morgan fingerprint density at radius 3 is 3.00 bits per heavy atom. The van der Waals surface area contributed by atoms with Gasteiger partial charge in [0.1, 0.15) is 5.82 Å². The largest absolute Gasteiger partial charge is 0.354 e. The zero-order chi connectivity index (χ0) is 12.7. The van der Waals surface area contributed by atoms with Gasteiger partial charge in [0, 0.05) is 6.54 Å². The van der Waals surface area contributed by atoms with Crippen molar-refractivity contribution in [2.75, 3.05) is 6.54 Å². The topological polar surface area (TPSA) is 55.1 Å². The summed E-state index contributed by atoms with van der Waals surface area (Å²) >= 11 is 0. The van der Waals surface area contributed by atoms with E-state index in [1.807, 2.05) is 6.07 Å². The zero-order valence-electron chi connectivity index (χ0n) is 9.66. The summed E-state index contributed by atoms with van der Waals surface area (Å²) in [6, 6.07) is 5.76. The summed E-state index contributed by atoms with van der Waals surface area (Å²) in [6.45, 7) is 3.97. The van der Waals surface area contributed by atoms with Gasteiger partial charge in [-0.05, 0) is 30.5 Å². The van der Waals surface area contributed by atoms with E-state index in [9.17, 15) is 9.18 Å². The average Bonchev–Trinajstić information content (AvgIpc) is 2.29. The maximum Gasteiger partial charge on any atom is 0.237 e. The molecule has 1 unspecified atom stereocenters. The van der Waals surface area contributed by atoms with Gasteiger partial charge in [-0.15, -0.1) is 6.58 Å². The molecular formula is C13H17FN2O. The first kappa shape index (κ1) is 13.4. The van der Waals surface area contributed by atoms with Crippen LogP contribution < -0.4 is 11.1 Å². The average molecular weight is 236 g/mol. The molecule has 1 amide bonds. The number of hydrogen-bond acceptors (Lipinski definition) is 2. The van der Waals surface area contributed by atoms with Gasteiger partial charge in [-0.25, -0.2) is 4.39 Å². The second kappa shape index (κ2) is 6.81. The van der Waals surface area contributed by atoms with Crippen molar-refractivity contribution in [2.45, 2.75) is 18.9 Å². The van der Waals surface area contributed by atoms with Crippen LogP contribution >= 0.6 is 0 Å². The van der Waals surface area contributed by atoms with Gasteiger partial charge in [-0.2, -0.15) is 0 Å². The number of halogens is 1. The number of hydrogen-bond donors (Lipinski definition) is 2. The van der Waals surface area contributed by atoms with Gasteiger partial charge in [0.15, 0.2) is 0 Å². The fraction of sp³-hybridized carbons (Fsp3) is 0.308. The Labute approximate surface area is 101 Å². The van der Waals surface area contributed by atoms with Crippen LogP contribution in [-0.2, 0) is 11.2 Å². The molecule has 3 nitrogen and oxygen atoms in total. The van der Waals surface area contributed by atoms with E-state index < -0.39 is 6.04 Å². The summed E-state index contributed by atoms with van der Waals surface area (Å²) in [6.07, 6.45) is 2.65. The van der Waals surface area contributed by atoms with Crippen LogP contribution in [-0.4, -0.2) is 18.5 Å². The Kier molecular flexibility index (Phi) is 5.36. The molecule has 1 atom stereocenters. The van der Waals surface area contributed by atoms with Crippen molar-refractivity contribution in [2.24, 2.45) is 5.73 Å². The maximum atomic E-state index is 12.9. The fourth-order valence-electron chi connectivity index (χ4n) is 1.44. The molecule has 0 bridgehead atoms. The molecule has 0 radical (unpaired) electrons. The minimum absolute atomic E-state index is 0.207. The SMILES string of the molecule is C=CCC(N)C(=O)NCCc1cccc(F)c1. The van der Waals surface area contributed by atoms with E-state index in [0.29, 0.717) is 19.4 Å². The number of carbonyl (C=O) groups excluding carboxylic acids is 1. The number of benzene rings is 1. The molecule has 0 aromatic heterocycles.